The van der Waals surface area contributed by atoms with Crippen LogP contribution in [0.15, 0.2) is 18.2 Å². The van der Waals surface area contributed by atoms with Gasteiger partial charge in [-0.05, 0) is 19.1 Å². The van der Waals surface area contributed by atoms with E-state index in [0.717, 1.165) is 5.82 Å². The van der Waals surface area contributed by atoms with Crippen LogP contribution in [0.3, 0.4) is 0 Å². The summed E-state index contributed by atoms with van der Waals surface area (Å²) in [6, 6.07) is 6.43. The number of H-pyrrole nitrogens is 1. The summed E-state index contributed by atoms with van der Waals surface area (Å²) in [4.78, 5) is 6.32. The van der Waals surface area contributed by atoms with E-state index < -0.39 is 5.82 Å². The molecule has 22 heavy (non-hydrogen) atoms. The van der Waals surface area contributed by atoms with E-state index in [1.165, 1.54) is 6.07 Å². The highest BCUT2D eigenvalue weighted by molar-refractivity contribution is 5.61. The summed E-state index contributed by atoms with van der Waals surface area (Å²) < 4.78 is 19.3. The number of rotatable bonds is 3. The molecule has 0 aliphatic carbocycles. The molecule has 1 saturated heterocycles. The van der Waals surface area contributed by atoms with E-state index in [-0.39, 0.29) is 17.7 Å². The van der Waals surface area contributed by atoms with Crippen LogP contribution in [-0.2, 0) is 4.74 Å². The first kappa shape index (κ1) is 14.5. The number of nitrogens with one attached hydrogen (secondary N) is 1. The molecule has 0 bridgehead atoms. The Bertz CT molecular complexity index is 723. The van der Waals surface area contributed by atoms with Gasteiger partial charge < -0.3 is 9.64 Å². The number of benzene rings is 1. The number of methoxy groups -OCH3 is 1. The van der Waals surface area contributed by atoms with Crippen LogP contribution in [-0.4, -0.2) is 34.9 Å². The Morgan fingerprint density at radius 1 is 1.50 bits per heavy atom. The number of aromatic nitrogens is 3. The van der Waals surface area contributed by atoms with E-state index in [0.29, 0.717) is 24.5 Å². The Morgan fingerprint density at radius 3 is 2.95 bits per heavy atom. The third-order valence-electron chi connectivity index (χ3n) is 3.92. The Hall–Kier alpha value is -2.46. The van der Waals surface area contributed by atoms with Crippen molar-refractivity contribution in [1.82, 2.24) is 15.2 Å². The number of aryl methyl sites for hydroxylation is 1. The number of hydrogen-bond donors (Lipinski definition) is 1. The highest BCUT2D eigenvalue weighted by atomic mass is 19.1. The maximum absolute atomic E-state index is 13.9. The molecule has 114 valence electrons. The summed E-state index contributed by atoms with van der Waals surface area (Å²) in [6.45, 7) is 2.39. The summed E-state index contributed by atoms with van der Waals surface area (Å²) in [5, 5.41) is 16.3. The Balaban J connectivity index is 2.03. The molecule has 1 aromatic carbocycles. The molecular formula is C15H16FN5O. The number of hydrogen-bond acceptors (Lipinski definition) is 5. The molecular weight excluding hydrogens is 285 g/mol. The van der Waals surface area contributed by atoms with Crippen LogP contribution in [0.1, 0.15) is 29.7 Å². The topological polar surface area (TPSA) is 77.8 Å². The highest BCUT2D eigenvalue weighted by Gasteiger charge is 2.37. The second-order valence-electron chi connectivity index (χ2n) is 5.29. The summed E-state index contributed by atoms with van der Waals surface area (Å²) in [6.07, 6.45) is 0.674. The molecule has 0 spiro atoms. The van der Waals surface area contributed by atoms with E-state index in [4.69, 9.17) is 4.74 Å². The van der Waals surface area contributed by atoms with Gasteiger partial charge in [0.25, 0.3) is 0 Å². The first-order chi connectivity index (χ1) is 10.6. The third-order valence-corrected chi connectivity index (χ3v) is 3.92. The highest BCUT2D eigenvalue weighted by Crippen LogP contribution is 2.37. The average molecular weight is 301 g/mol. The molecule has 1 aliphatic rings. The van der Waals surface area contributed by atoms with Gasteiger partial charge >= 0.3 is 0 Å². The number of anilines is 1. The van der Waals surface area contributed by atoms with Gasteiger partial charge in [0.15, 0.2) is 5.82 Å². The van der Waals surface area contributed by atoms with Gasteiger partial charge in [0, 0.05) is 20.1 Å². The number of nitriles is 1. The number of nitrogens with zero attached hydrogens (tertiary/aromatic N) is 4. The summed E-state index contributed by atoms with van der Waals surface area (Å²) in [7, 11) is 1.64. The first-order valence-corrected chi connectivity index (χ1v) is 7.01. The largest absolute Gasteiger partial charge is 0.380 e. The van der Waals surface area contributed by atoms with Crippen molar-refractivity contribution in [2.75, 3.05) is 18.6 Å². The number of halogens is 1. The SMILES string of the molecule is CO[C@@H]1C[C@@H](c2n[nH]c(C)n2)N(c2cccc(F)c2C#N)C1. The van der Waals surface area contributed by atoms with E-state index >= 15 is 0 Å². The van der Waals surface area contributed by atoms with Crippen LogP contribution in [0.4, 0.5) is 10.1 Å². The van der Waals surface area contributed by atoms with Crippen LogP contribution in [0.5, 0.6) is 0 Å². The maximum atomic E-state index is 13.9. The summed E-state index contributed by atoms with van der Waals surface area (Å²) in [5.41, 5.74) is 0.589. The second kappa shape index (κ2) is 5.73. The van der Waals surface area contributed by atoms with Crippen molar-refractivity contribution in [2.45, 2.75) is 25.5 Å². The van der Waals surface area contributed by atoms with Crippen LogP contribution < -0.4 is 4.90 Å². The minimum atomic E-state index is -0.522. The number of aromatic amines is 1. The Morgan fingerprint density at radius 2 is 2.32 bits per heavy atom. The van der Waals surface area contributed by atoms with Gasteiger partial charge in [-0.2, -0.15) is 10.4 Å². The monoisotopic (exact) mass is 301 g/mol. The van der Waals surface area contributed by atoms with Crippen molar-refractivity contribution in [2.24, 2.45) is 0 Å². The lowest BCUT2D eigenvalue weighted by atomic mass is 10.1. The van der Waals surface area contributed by atoms with Crippen molar-refractivity contribution in [3.8, 4) is 6.07 Å². The molecule has 2 aromatic rings. The molecule has 7 heteroatoms. The molecule has 0 amide bonds. The fourth-order valence-electron chi connectivity index (χ4n) is 2.85. The van der Waals surface area contributed by atoms with E-state index in [1.54, 1.807) is 19.2 Å². The maximum Gasteiger partial charge on any atom is 0.173 e. The zero-order valence-corrected chi connectivity index (χ0v) is 12.4. The fraction of sp³-hybridized carbons (Fsp3) is 0.400. The lowest BCUT2D eigenvalue weighted by molar-refractivity contribution is 0.118. The minimum Gasteiger partial charge on any atom is -0.380 e. The van der Waals surface area contributed by atoms with Crippen molar-refractivity contribution in [3.63, 3.8) is 0 Å². The predicted octanol–water partition coefficient (Wildman–Crippen LogP) is 2.09. The predicted molar refractivity (Wildman–Crippen MR) is 77.7 cm³/mol. The summed E-state index contributed by atoms with van der Waals surface area (Å²) >= 11 is 0. The third kappa shape index (κ3) is 2.42. The van der Waals surface area contributed by atoms with Gasteiger partial charge in [-0.3, -0.25) is 5.10 Å². The molecule has 1 aromatic heterocycles. The molecule has 1 aliphatic heterocycles. The average Bonchev–Trinajstić information content (AvgIpc) is 3.12. The van der Waals surface area contributed by atoms with Crippen molar-refractivity contribution in [3.05, 3.63) is 41.2 Å². The number of ether oxygens (including phenoxy) is 1. The van der Waals surface area contributed by atoms with Crippen LogP contribution in [0.2, 0.25) is 0 Å². The van der Waals surface area contributed by atoms with Crippen molar-refractivity contribution in [1.29, 1.82) is 5.26 Å². The first-order valence-electron chi connectivity index (χ1n) is 7.01. The Labute approximate surface area is 127 Å². The van der Waals surface area contributed by atoms with Gasteiger partial charge in [-0.25, -0.2) is 9.37 Å². The van der Waals surface area contributed by atoms with E-state index in [1.807, 2.05) is 17.9 Å². The van der Waals surface area contributed by atoms with Gasteiger partial charge in [0.2, 0.25) is 0 Å². The molecule has 0 saturated carbocycles. The lowest BCUT2D eigenvalue weighted by Gasteiger charge is -2.25. The van der Waals surface area contributed by atoms with Crippen LogP contribution in [0.25, 0.3) is 0 Å². The molecule has 6 nitrogen and oxygen atoms in total. The molecule has 2 atom stereocenters. The summed E-state index contributed by atoms with van der Waals surface area (Å²) in [5.74, 6) is 0.826. The van der Waals surface area contributed by atoms with Crippen molar-refractivity contribution < 1.29 is 9.13 Å². The molecule has 1 fully saturated rings. The zero-order valence-electron chi connectivity index (χ0n) is 12.4. The fourth-order valence-corrected chi connectivity index (χ4v) is 2.85. The second-order valence-corrected chi connectivity index (χ2v) is 5.29. The van der Waals surface area contributed by atoms with Crippen LogP contribution >= 0.6 is 0 Å². The van der Waals surface area contributed by atoms with Gasteiger partial charge in [-0.15, -0.1) is 0 Å². The molecule has 1 N–H and O–H groups in total. The van der Waals surface area contributed by atoms with E-state index in [9.17, 15) is 9.65 Å². The van der Waals surface area contributed by atoms with Crippen molar-refractivity contribution >= 4 is 5.69 Å². The van der Waals surface area contributed by atoms with Gasteiger partial charge in [0.05, 0.1) is 17.8 Å². The Kier molecular flexibility index (Phi) is 3.77. The lowest BCUT2D eigenvalue weighted by Crippen LogP contribution is -2.26. The normalized spacial score (nSPS) is 21.1. The molecule has 3 rings (SSSR count). The molecule has 2 heterocycles. The molecule has 0 unspecified atom stereocenters. The van der Waals surface area contributed by atoms with Gasteiger partial charge in [0.1, 0.15) is 23.3 Å². The van der Waals surface area contributed by atoms with Gasteiger partial charge in [-0.1, -0.05) is 6.07 Å². The zero-order chi connectivity index (χ0) is 15.7. The minimum absolute atomic E-state index is 0.0152. The quantitative estimate of drug-likeness (QED) is 0.939. The van der Waals surface area contributed by atoms with Crippen LogP contribution in [0, 0.1) is 24.1 Å². The van der Waals surface area contributed by atoms with E-state index in [2.05, 4.69) is 15.2 Å². The standard InChI is InChI=1S/C15H16FN5O/c1-9-18-15(20-19-9)14-6-10(22-2)8-21(14)13-5-3-4-12(16)11(13)7-17/h3-5,10,14H,6,8H2,1-2H3,(H,18,19,20)/t10-,14+/m1/s1. The smallest absolute Gasteiger partial charge is 0.173 e. The molecule has 0 radical (unpaired) electrons.